The monoisotopic (exact) mass is 304 g/mol. The molecule has 1 heterocycles. The summed E-state index contributed by atoms with van der Waals surface area (Å²) in [5.41, 5.74) is 8.39. The van der Waals surface area contributed by atoms with Crippen LogP contribution >= 0.6 is 11.8 Å². The van der Waals surface area contributed by atoms with Crippen LogP contribution in [0.25, 0.3) is 0 Å². The number of carbonyl (C=O) groups is 1. The average molecular weight is 304 g/mol. The predicted octanol–water partition coefficient (Wildman–Crippen LogP) is 2.79. The zero-order valence-corrected chi connectivity index (χ0v) is 13.5. The predicted molar refractivity (Wildman–Crippen MR) is 87.5 cm³/mol. The number of fused-ring (bicyclic) bond motifs is 1. The molecule has 1 aromatic rings. The van der Waals surface area contributed by atoms with Crippen LogP contribution in [0, 0.1) is 6.92 Å². The van der Waals surface area contributed by atoms with Crippen molar-refractivity contribution in [3.8, 4) is 0 Å². The molecule has 1 fully saturated rings. The maximum atomic E-state index is 12.6. The average Bonchev–Trinajstić information content (AvgIpc) is 2.91. The molecule has 114 valence electrons. The lowest BCUT2D eigenvalue weighted by Gasteiger charge is -2.37. The van der Waals surface area contributed by atoms with Gasteiger partial charge in [0.1, 0.15) is 0 Å². The normalized spacial score (nSPS) is 23.6. The number of nitrogens with two attached hydrogens (primary N) is 1. The number of benzene rings is 1. The van der Waals surface area contributed by atoms with E-state index in [0.717, 1.165) is 19.3 Å². The molecule has 3 N–H and O–H groups in total. The van der Waals surface area contributed by atoms with Crippen LogP contribution in [0.1, 0.15) is 43.2 Å². The first-order valence-corrected chi connectivity index (χ1v) is 8.78. The van der Waals surface area contributed by atoms with Gasteiger partial charge < -0.3 is 11.1 Å². The molecule has 1 unspecified atom stereocenters. The molecular weight excluding hydrogens is 280 g/mol. The molecule has 1 saturated carbocycles. The van der Waals surface area contributed by atoms with Crippen molar-refractivity contribution in [2.24, 2.45) is 5.73 Å². The van der Waals surface area contributed by atoms with Gasteiger partial charge in [-0.2, -0.15) is 0 Å². The molecule has 1 aromatic carbocycles. The van der Waals surface area contributed by atoms with Crippen LogP contribution in [-0.2, 0) is 11.2 Å². The summed E-state index contributed by atoms with van der Waals surface area (Å²) in [6, 6.07) is 6.46. The standard InChI is InChI=1S/C17H24N2OS/c1-12-5-6-14-13(9-12)10-15(21-14)16(20)19-17(11-18)7-3-2-4-8-17/h5-6,9,15H,2-4,7-8,10-11,18H2,1H3,(H,19,20). The molecular formula is C17H24N2OS. The van der Waals surface area contributed by atoms with Gasteiger partial charge in [-0.1, -0.05) is 37.0 Å². The summed E-state index contributed by atoms with van der Waals surface area (Å²) in [4.78, 5) is 13.9. The summed E-state index contributed by atoms with van der Waals surface area (Å²) < 4.78 is 0. The second-order valence-electron chi connectivity index (χ2n) is 6.46. The van der Waals surface area contributed by atoms with E-state index in [1.165, 1.54) is 35.3 Å². The van der Waals surface area contributed by atoms with Gasteiger partial charge in [-0.25, -0.2) is 0 Å². The van der Waals surface area contributed by atoms with Crippen LogP contribution in [0.5, 0.6) is 0 Å². The molecule has 0 saturated heterocycles. The molecule has 0 radical (unpaired) electrons. The summed E-state index contributed by atoms with van der Waals surface area (Å²) in [5, 5.41) is 3.30. The van der Waals surface area contributed by atoms with Gasteiger partial charge in [0, 0.05) is 11.4 Å². The SMILES string of the molecule is Cc1ccc2c(c1)CC(C(=O)NC1(CN)CCCCC1)S2. The van der Waals surface area contributed by atoms with Gasteiger partial charge in [0.2, 0.25) is 5.91 Å². The molecule has 0 bridgehead atoms. The first-order chi connectivity index (χ1) is 10.1. The zero-order chi connectivity index (χ0) is 14.9. The summed E-state index contributed by atoms with van der Waals surface area (Å²) in [6.07, 6.45) is 6.51. The lowest BCUT2D eigenvalue weighted by Crippen LogP contribution is -2.56. The Morgan fingerprint density at radius 2 is 2.14 bits per heavy atom. The molecule has 3 nitrogen and oxygen atoms in total. The smallest absolute Gasteiger partial charge is 0.234 e. The number of thioether (sulfide) groups is 1. The minimum absolute atomic E-state index is 0.00662. The maximum absolute atomic E-state index is 12.6. The Bertz CT molecular complexity index is 538. The van der Waals surface area contributed by atoms with Crippen molar-refractivity contribution in [1.29, 1.82) is 0 Å². The molecule has 3 rings (SSSR count). The highest BCUT2D eigenvalue weighted by atomic mass is 32.2. The van der Waals surface area contributed by atoms with E-state index in [1.54, 1.807) is 11.8 Å². The lowest BCUT2D eigenvalue weighted by molar-refractivity contribution is -0.122. The molecule has 1 aliphatic heterocycles. The van der Waals surface area contributed by atoms with E-state index < -0.39 is 0 Å². The van der Waals surface area contributed by atoms with Crippen molar-refractivity contribution in [2.45, 2.75) is 61.1 Å². The minimum atomic E-state index is -0.152. The number of nitrogens with one attached hydrogen (secondary N) is 1. The Balaban J connectivity index is 1.67. The van der Waals surface area contributed by atoms with E-state index in [2.05, 4.69) is 30.4 Å². The van der Waals surface area contributed by atoms with Gasteiger partial charge in [-0.3, -0.25) is 4.79 Å². The Morgan fingerprint density at radius 3 is 2.86 bits per heavy atom. The van der Waals surface area contributed by atoms with Gasteiger partial charge in [0.05, 0.1) is 10.8 Å². The number of rotatable bonds is 3. The van der Waals surface area contributed by atoms with Crippen molar-refractivity contribution >= 4 is 17.7 Å². The van der Waals surface area contributed by atoms with Crippen molar-refractivity contribution in [3.05, 3.63) is 29.3 Å². The molecule has 0 aromatic heterocycles. The number of hydrogen-bond donors (Lipinski definition) is 2. The highest BCUT2D eigenvalue weighted by Crippen LogP contribution is 2.38. The Hall–Kier alpha value is -1.00. The van der Waals surface area contributed by atoms with Gasteiger partial charge in [-0.15, -0.1) is 11.8 Å². The van der Waals surface area contributed by atoms with Crippen LogP contribution < -0.4 is 11.1 Å². The second kappa shape index (κ2) is 6.01. The maximum Gasteiger partial charge on any atom is 0.234 e. The topological polar surface area (TPSA) is 55.1 Å². The number of amides is 1. The van der Waals surface area contributed by atoms with Crippen molar-refractivity contribution in [1.82, 2.24) is 5.32 Å². The van der Waals surface area contributed by atoms with E-state index in [4.69, 9.17) is 5.73 Å². The van der Waals surface area contributed by atoms with Gasteiger partial charge in [0.25, 0.3) is 0 Å². The fraction of sp³-hybridized carbons (Fsp3) is 0.588. The molecule has 1 amide bonds. The van der Waals surface area contributed by atoms with E-state index in [-0.39, 0.29) is 16.7 Å². The van der Waals surface area contributed by atoms with Crippen LogP contribution in [0.2, 0.25) is 0 Å². The van der Waals surface area contributed by atoms with E-state index in [1.807, 2.05) is 0 Å². The van der Waals surface area contributed by atoms with Crippen molar-refractivity contribution < 1.29 is 4.79 Å². The fourth-order valence-electron chi connectivity index (χ4n) is 3.47. The molecule has 4 heteroatoms. The van der Waals surface area contributed by atoms with Crippen molar-refractivity contribution in [2.75, 3.05) is 6.54 Å². The molecule has 1 atom stereocenters. The van der Waals surface area contributed by atoms with Crippen molar-refractivity contribution in [3.63, 3.8) is 0 Å². The quantitative estimate of drug-likeness (QED) is 0.903. The Labute approximate surface area is 131 Å². The third kappa shape index (κ3) is 3.11. The summed E-state index contributed by atoms with van der Waals surface area (Å²) in [6.45, 7) is 2.66. The third-order valence-electron chi connectivity index (χ3n) is 4.77. The number of aryl methyl sites for hydroxylation is 1. The summed E-state index contributed by atoms with van der Waals surface area (Å²) in [5.74, 6) is 0.168. The fourth-order valence-corrected chi connectivity index (χ4v) is 4.65. The second-order valence-corrected chi connectivity index (χ2v) is 7.70. The van der Waals surface area contributed by atoms with Crippen LogP contribution in [0.3, 0.4) is 0 Å². The van der Waals surface area contributed by atoms with Crippen LogP contribution in [0.4, 0.5) is 0 Å². The zero-order valence-electron chi connectivity index (χ0n) is 12.7. The highest BCUT2D eigenvalue weighted by molar-refractivity contribution is 8.01. The first-order valence-electron chi connectivity index (χ1n) is 7.90. The van der Waals surface area contributed by atoms with E-state index >= 15 is 0 Å². The third-order valence-corrected chi connectivity index (χ3v) is 6.09. The molecule has 1 aliphatic carbocycles. The molecule has 2 aliphatic rings. The Kier molecular flexibility index (Phi) is 4.27. The lowest BCUT2D eigenvalue weighted by atomic mass is 9.81. The summed E-state index contributed by atoms with van der Waals surface area (Å²) in [7, 11) is 0. The number of hydrogen-bond acceptors (Lipinski definition) is 3. The van der Waals surface area contributed by atoms with Crippen LogP contribution in [0.15, 0.2) is 23.1 Å². The van der Waals surface area contributed by atoms with Gasteiger partial charge >= 0.3 is 0 Å². The largest absolute Gasteiger partial charge is 0.348 e. The van der Waals surface area contributed by atoms with Gasteiger partial charge in [-0.05, 0) is 37.8 Å². The first kappa shape index (κ1) is 14.9. The van der Waals surface area contributed by atoms with Gasteiger partial charge in [0.15, 0.2) is 0 Å². The minimum Gasteiger partial charge on any atom is -0.348 e. The molecule has 21 heavy (non-hydrogen) atoms. The van der Waals surface area contributed by atoms with E-state index in [0.29, 0.717) is 6.54 Å². The Morgan fingerprint density at radius 1 is 1.38 bits per heavy atom. The van der Waals surface area contributed by atoms with E-state index in [9.17, 15) is 4.79 Å². The molecule has 0 spiro atoms. The van der Waals surface area contributed by atoms with Crippen LogP contribution in [-0.4, -0.2) is 23.2 Å². The summed E-state index contributed by atoms with van der Waals surface area (Å²) >= 11 is 1.70. The number of carbonyl (C=O) groups excluding carboxylic acids is 1. The highest BCUT2D eigenvalue weighted by Gasteiger charge is 2.36.